The summed E-state index contributed by atoms with van der Waals surface area (Å²) in [4.78, 5) is 12.5. The maximum absolute atomic E-state index is 12.7. The van der Waals surface area contributed by atoms with Gasteiger partial charge in [-0.05, 0) is 92.9 Å². The number of benzene rings is 3. The molecule has 0 aliphatic heterocycles. The third-order valence-electron chi connectivity index (χ3n) is 4.58. The average molecular weight is 439 g/mol. The first-order chi connectivity index (χ1) is 14.6. The summed E-state index contributed by atoms with van der Waals surface area (Å²) in [5.41, 5.74) is 3.97. The van der Waals surface area contributed by atoms with Crippen LogP contribution in [0, 0.1) is 20.8 Å². The molecule has 0 aliphatic carbocycles. The maximum atomic E-state index is 12.7. The molecular formula is C24H26N2O4S. The fourth-order valence-electron chi connectivity index (χ4n) is 3.16. The van der Waals surface area contributed by atoms with Gasteiger partial charge in [-0.3, -0.25) is 9.52 Å². The molecule has 1 unspecified atom stereocenters. The van der Waals surface area contributed by atoms with E-state index in [9.17, 15) is 13.2 Å². The van der Waals surface area contributed by atoms with Gasteiger partial charge in [-0.25, -0.2) is 8.42 Å². The number of hydrogen-bond donors (Lipinski definition) is 2. The monoisotopic (exact) mass is 438 g/mol. The second-order valence-corrected chi connectivity index (χ2v) is 9.25. The number of nitrogens with one attached hydrogen (secondary N) is 2. The molecule has 0 radical (unpaired) electrons. The van der Waals surface area contributed by atoms with Crippen LogP contribution in [0.4, 0.5) is 11.4 Å². The fourth-order valence-corrected chi connectivity index (χ4v) is 4.20. The minimum atomic E-state index is -3.74. The molecule has 0 aromatic heterocycles. The molecule has 0 saturated heterocycles. The van der Waals surface area contributed by atoms with Gasteiger partial charge in [-0.1, -0.05) is 18.2 Å². The highest BCUT2D eigenvalue weighted by Gasteiger charge is 2.17. The average Bonchev–Trinajstić information content (AvgIpc) is 2.67. The molecular weight excluding hydrogens is 412 g/mol. The largest absolute Gasteiger partial charge is 0.481 e. The van der Waals surface area contributed by atoms with Gasteiger partial charge in [0.1, 0.15) is 5.75 Å². The number of ether oxygens (including phenoxy) is 1. The molecule has 0 aliphatic rings. The lowest BCUT2D eigenvalue weighted by molar-refractivity contribution is -0.122. The van der Waals surface area contributed by atoms with Crippen molar-refractivity contribution in [3.63, 3.8) is 0 Å². The highest BCUT2D eigenvalue weighted by molar-refractivity contribution is 7.92. The number of hydrogen-bond acceptors (Lipinski definition) is 4. The smallest absolute Gasteiger partial charge is 0.265 e. The molecule has 3 aromatic carbocycles. The molecule has 1 atom stereocenters. The molecule has 0 fully saturated rings. The van der Waals surface area contributed by atoms with Crippen LogP contribution >= 0.6 is 0 Å². The summed E-state index contributed by atoms with van der Waals surface area (Å²) < 4.78 is 33.6. The van der Waals surface area contributed by atoms with Gasteiger partial charge in [0.05, 0.1) is 4.90 Å². The Hall–Kier alpha value is -3.32. The van der Waals surface area contributed by atoms with Crippen molar-refractivity contribution >= 4 is 27.3 Å². The van der Waals surface area contributed by atoms with Crippen molar-refractivity contribution in [2.45, 2.75) is 38.7 Å². The van der Waals surface area contributed by atoms with Crippen LogP contribution in [-0.4, -0.2) is 20.4 Å². The van der Waals surface area contributed by atoms with E-state index in [1.807, 2.05) is 45.0 Å². The van der Waals surface area contributed by atoms with Gasteiger partial charge in [0.25, 0.3) is 15.9 Å². The van der Waals surface area contributed by atoms with E-state index in [0.29, 0.717) is 17.1 Å². The van der Waals surface area contributed by atoms with E-state index >= 15 is 0 Å². The van der Waals surface area contributed by atoms with Crippen LogP contribution in [0.25, 0.3) is 0 Å². The minimum absolute atomic E-state index is 0.105. The molecule has 2 N–H and O–H groups in total. The quantitative estimate of drug-likeness (QED) is 0.554. The zero-order valence-electron chi connectivity index (χ0n) is 18.0. The zero-order valence-corrected chi connectivity index (χ0v) is 18.8. The highest BCUT2D eigenvalue weighted by atomic mass is 32.2. The number of aryl methyl sites for hydroxylation is 3. The molecule has 162 valence electrons. The van der Waals surface area contributed by atoms with Gasteiger partial charge in [-0.15, -0.1) is 0 Å². The Balaban J connectivity index is 1.65. The number of carbonyl (C=O) groups is 1. The molecule has 3 rings (SSSR count). The summed E-state index contributed by atoms with van der Waals surface area (Å²) in [5, 5.41) is 2.74. The number of rotatable bonds is 7. The van der Waals surface area contributed by atoms with Crippen molar-refractivity contribution in [3.8, 4) is 5.75 Å². The van der Waals surface area contributed by atoms with E-state index in [2.05, 4.69) is 10.0 Å². The lowest BCUT2D eigenvalue weighted by Gasteiger charge is -2.15. The normalized spacial score (nSPS) is 12.1. The minimum Gasteiger partial charge on any atom is -0.481 e. The molecule has 3 aromatic rings. The van der Waals surface area contributed by atoms with Crippen LogP contribution in [0.15, 0.2) is 71.6 Å². The Kier molecular flexibility index (Phi) is 6.65. The van der Waals surface area contributed by atoms with Crippen molar-refractivity contribution in [1.29, 1.82) is 0 Å². The summed E-state index contributed by atoms with van der Waals surface area (Å²) in [6.45, 7) is 7.42. The van der Waals surface area contributed by atoms with E-state index in [1.165, 1.54) is 12.1 Å². The SMILES string of the molecule is Cc1cc(C)cc(NS(=O)(=O)c2ccc(NC(=O)C(C)Oc3cccc(C)c3)cc2)c1. The molecule has 0 saturated carbocycles. The van der Waals surface area contributed by atoms with Crippen molar-refractivity contribution in [1.82, 2.24) is 0 Å². The van der Waals surface area contributed by atoms with E-state index in [4.69, 9.17) is 4.74 Å². The number of sulfonamides is 1. The summed E-state index contributed by atoms with van der Waals surface area (Å²) in [7, 11) is -3.74. The highest BCUT2D eigenvalue weighted by Crippen LogP contribution is 2.21. The first-order valence-corrected chi connectivity index (χ1v) is 11.4. The number of amides is 1. The Labute approximate surface area is 183 Å². The molecule has 31 heavy (non-hydrogen) atoms. The fraction of sp³-hybridized carbons (Fsp3) is 0.208. The Morgan fingerprint density at radius 2 is 1.48 bits per heavy atom. The molecule has 0 heterocycles. The molecule has 7 heteroatoms. The Morgan fingerprint density at radius 3 is 2.10 bits per heavy atom. The second kappa shape index (κ2) is 9.22. The van der Waals surface area contributed by atoms with E-state index in [1.54, 1.807) is 37.3 Å². The lowest BCUT2D eigenvalue weighted by Crippen LogP contribution is -2.30. The van der Waals surface area contributed by atoms with Crippen molar-refractivity contribution in [2.24, 2.45) is 0 Å². The van der Waals surface area contributed by atoms with Crippen molar-refractivity contribution in [2.75, 3.05) is 10.0 Å². The van der Waals surface area contributed by atoms with Crippen LogP contribution < -0.4 is 14.8 Å². The summed E-state index contributed by atoms with van der Waals surface area (Å²) >= 11 is 0. The lowest BCUT2D eigenvalue weighted by atomic mass is 10.1. The maximum Gasteiger partial charge on any atom is 0.265 e. The first kappa shape index (κ1) is 22.4. The van der Waals surface area contributed by atoms with Crippen LogP contribution in [-0.2, 0) is 14.8 Å². The third-order valence-corrected chi connectivity index (χ3v) is 5.97. The van der Waals surface area contributed by atoms with E-state index in [-0.39, 0.29) is 10.8 Å². The Morgan fingerprint density at radius 1 is 0.839 bits per heavy atom. The van der Waals surface area contributed by atoms with Crippen LogP contribution in [0.5, 0.6) is 5.75 Å². The van der Waals surface area contributed by atoms with Gasteiger partial charge in [0, 0.05) is 11.4 Å². The summed E-state index contributed by atoms with van der Waals surface area (Å²) in [6.07, 6.45) is -0.712. The molecule has 6 nitrogen and oxygen atoms in total. The first-order valence-electron chi connectivity index (χ1n) is 9.88. The van der Waals surface area contributed by atoms with Gasteiger partial charge in [0.2, 0.25) is 0 Å². The predicted octanol–water partition coefficient (Wildman–Crippen LogP) is 4.82. The predicted molar refractivity (Wildman–Crippen MR) is 123 cm³/mol. The van der Waals surface area contributed by atoms with Crippen molar-refractivity contribution < 1.29 is 17.9 Å². The van der Waals surface area contributed by atoms with Crippen LogP contribution in [0.3, 0.4) is 0 Å². The summed E-state index contributed by atoms with van der Waals surface area (Å²) in [6, 6.07) is 19.0. The Bertz CT molecular complexity index is 1170. The van der Waals surface area contributed by atoms with Gasteiger partial charge in [-0.2, -0.15) is 0 Å². The molecule has 0 bridgehead atoms. The number of carbonyl (C=O) groups excluding carboxylic acids is 1. The standard InChI is InChI=1S/C24H26N2O4S/c1-16-6-5-7-22(15-16)30-19(4)24(27)25-20-8-10-23(11-9-20)31(28,29)26-21-13-17(2)12-18(3)14-21/h5-15,19,26H,1-4H3,(H,25,27). The number of anilines is 2. The second-order valence-electron chi connectivity index (χ2n) is 7.57. The van der Waals surface area contributed by atoms with E-state index < -0.39 is 16.1 Å². The summed E-state index contributed by atoms with van der Waals surface area (Å²) in [5.74, 6) is 0.284. The van der Waals surface area contributed by atoms with Gasteiger partial charge < -0.3 is 10.1 Å². The molecule has 1 amide bonds. The van der Waals surface area contributed by atoms with Gasteiger partial charge >= 0.3 is 0 Å². The van der Waals surface area contributed by atoms with Gasteiger partial charge in [0.15, 0.2) is 6.10 Å². The van der Waals surface area contributed by atoms with Crippen LogP contribution in [0.2, 0.25) is 0 Å². The third kappa shape index (κ3) is 6.08. The van der Waals surface area contributed by atoms with E-state index in [0.717, 1.165) is 16.7 Å². The topological polar surface area (TPSA) is 84.5 Å². The zero-order chi connectivity index (χ0) is 22.6. The molecule has 0 spiro atoms. The van der Waals surface area contributed by atoms with Crippen LogP contribution in [0.1, 0.15) is 23.6 Å². The van der Waals surface area contributed by atoms with Crippen molar-refractivity contribution in [3.05, 3.63) is 83.4 Å².